The maximum absolute atomic E-state index is 12.7. The van der Waals surface area contributed by atoms with Crippen LogP contribution in [0.1, 0.15) is 36.2 Å². The van der Waals surface area contributed by atoms with Crippen LogP contribution < -0.4 is 4.57 Å². The van der Waals surface area contributed by atoms with Crippen LogP contribution in [0.2, 0.25) is 0 Å². The molecule has 1 N–H and O–H groups in total. The molecule has 154 valence electrons. The fraction of sp³-hybridized carbons (Fsp3) is 0.115. The van der Waals surface area contributed by atoms with Crippen LogP contribution in [0.15, 0.2) is 94.9 Å². The zero-order valence-electron chi connectivity index (χ0n) is 17.3. The zero-order valence-corrected chi connectivity index (χ0v) is 18.1. The number of aliphatic hydroxyl groups excluding tert-OH is 1. The van der Waals surface area contributed by atoms with E-state index in [1.165, 1.54) is 29.1 Å². The Hall–Kier alpha value is -3.44. The van der Waals surface area contributed by atoms with Gasteiger partial charge in [0.05, 0.1) is 10.3 Å². The van der Waals surface area contributed by atoms with Gasteiger partial charge < -0.3 is 5.11 Å². The number of fused-ring (bicyclic) bond motifs is 4. The molecule has 0 radical (unpaired) electrons. The van der Waals surface area contributed by atoms with E-state index in [0.29, 0.717) is 5.56 Å². The number of pyridine rings is 1. The first kappa shape index (κ1) is 19.5. The number of benzene rings is 2. The molecule has 0 fully saturated rings. The summed E-state index contributed by atoms with van der Waals surface area (Å²) in [4.78, 5) is 0.0769. The van der Waals surface area contributed by atoms with Crippen LogP contribution in [0.3, 0.4) is 0 Å². The van der Waals surface area contributed by atoms with Crippen molar-refractivity contribution in [1.82, 2.24) is 0 Å². The number of aliphatic hydroxyl groups is 1. The molecule has 2 aliphatic rings. The zero-order chi connectivity index (χ0) is 21.8. The van der Waals surface area contributed by atoms with Crippen LogP contribution in [0, 0.1) is 0 Å². The highest BCUT2D eigenvalue weighted by Gasteiger charge is 2.43. The van der Waals surface area contributed by atoms with Gasteiger partial charge in [0.15, 0.2) is 11.9 Å². The van der Waals surface area contributed by atoms with E-state index in [1.807, 2.05) is 12.1 Å². The van der Waals surface area contributed by atoms with E-state index in [2.05, 4.69) is 54.9 Å². The van der Waals surface area contributed by atoms with Gasteiger partial charge in [0.25, 0.3) is 0 Å². The topological polar surface area (TPSA) is 58.2 Å². The third-order valence-corrected chi connectivity index (χ3v) is 7.90. The van der Waals surface area contributed by atoms with E-state index >= 15 is 0 Å². The van der Waals surface area contributed by atoms with Crippen molar-refractivity contribution in [2.24, 2.45) is 0 Å². The summed E-state index contributed by atoms with van der Waals surface area (Å²) in [7, 11) is -3.69. The molecule has 5 rings (SSSR count). The molecule has 0 spiro atoms. The molecule has 0 unspecified atom stereocenters. The fourth-order valence-corrected chi connectivity index (χ4v) is 5.99. The van der Waals surface area contributed by atoms with Crippen molar-refractivity contribution in [3.05, 3.63) is 112 Å². The minimum Gasteiger partial charge on any atom is -0.506 e. The summed E-state index contributed by atoms with van der Waals surface area (Å²) >= 11 is 0. The van der Waals surface area contributed by atoms with Crippen molar-refractivity contribution >= 4 is 21.7 Å². The average molecular weight is 429 g/mol. The van der Waals surface area contributed by atoms with Crippen molar-refractivity contribution in [2.45, 2.75) is 24.2 Å². The van der Waals surface area contributed by atoms with E-state index in [-0.39, 0.29) is 21.0 Å². The Labute approximate surface area is 182 Å². The van der Waals surface area contributed by atoms with Gasteiger partial charge in [-0.25, -0.2) is 8.42 Å². The second kappa shape index (κ2) is 6.79. The lowest BCUT2D eigenvalue weighted by Gasteiger charge is -2.14. The Kier molecular flexibility index (Phi) is 4.27. The summed E-state index contributed by atoms with van der Waals surface area (Å²) in [5.74, 6) is -0.200. The van der Waals surface area contributed by atoms with Crippen molar-refractivity contribution in [1.29, 1.82) is 0 Å². The van der Waals surface area contributed by atoms with Gasteiger partial charge >= 0.3 is 0 Å². The van der Waals surface area contributed by atoms with E-state index < -0.39 is 9.84 Å². The first-order valence-electron chi connectivity index (χ1n) is 10.1. The number of aromatic nitrogens is 1. The van der Waals surface area contributed by atoms with Crippen molar-refractivity contribution in [2.75, 3.05) is 0 Å². The first-order valence-corrected chi connectivity index (χ1v) is 11.6. The second-order valence-electron chi connectivity index (χ2n) is 8.29. The van der Waals surface area contributed by atoms with Crippen LogP contribution in [-0.2, 0) is 15.3 Å². The molecular formula is C26H22NO3S+. The second-order valence-corrected chi connectivity index (χ2v) is 10.2. The molecule has 0 saturated heterocycles. The molecule has 0 aliphatic carbocycles. The van der Waals surface area contributed by atoms with Gasteiger partial charge in [0.2, 0.25) is 15.5 Å². The molecule has 0 saturated carbocycles. The van der Waals surface area contributed by atoms with Gasteiger partial charge in [0, 0.05) is 29.3 Å². The number of rotatable bonds is 3. The fourth-order valence-electron chi connectivity index (χ4n) is 4.42. The van der Waals surface area contributed by atoms with Crippen molar-refractivity contribution in [3.8, 4) is 5.69 Å². The molecule has 3 aromatic rings. The average Bonchev–Trinajstić information content (AvgIpc) is 3.11. The van der Waals surface area contributed by atoms with Crippen LogP contribution in [0.5, 0.6) is 0 Å². The third-order valence-electron chi connectivity index (χ3n) is 6.06. The van der Waals surface area contributed by atoms with E-state index in [1.54, 1.807) is 30.4 Å². The van der Waals surface area contributed by atoms with E-state index in [4.69, 9.17) is 0 Å². The number of allylic oxidation sites excluding steroid dienone is 3. The minimum absolute atomic E-state index is 0.0700. The Bertz CT molecular complexity index is 1430. The van der Waals surface area contributed by atoms with Gasteiger partial charge in [-0.05, 0) is 37.6 Å². The maximum atomic E-state index is 12.7. The van der Waals surface area contributed by atoms with Gasteiger partial charge in [-0.3, -0.25) is 0 Å². The monoisotopic (exact) mass is 428 g/mol. The SMILES string of the molecule is CC1(C)c2ccccc2-[n+]2ccc(/C=C/C=C/C3=C(O)c4ccccc4S3(=O)=O)cc21. The number of para-hydroxylation sites is 1. The lowest BCUT2D eigenvalue weighted by molar-refractivity contribution is -0.599. The number of hydrogen-bond donors (Lipinski definition) is 1. The lowest BCUT2D eigenvalue weighted by Crippen LogP contribution is -2.34. The molecule has 4 nitrogen and oxygen atoms in total. The van der Waals surface area contributed by atoms with Crippen molar-refractivity contribution < 1.29 is 18.1 Å². The van der Waals surface area contributed by atoms with E-state index in [9.17, 15) is 13.5 Å². The Morgan fingerprint density at radius 2 is 1.65 bits per heavy atom. The molecule has 0 atom stereocenters. The molecule has 2 aromatic carbocycles. The largest absolute Gasteiger partial charge is 0.506 e. The molecule has 2 aliphatic heterocycles. The molecule has 1 aromatic heterocycles. The van der Waals surface area contributed by atoms with Crippen molar-refractivity contribution in [3.63, 3.8) is 0 Å². The number of nitrogens with zero attached hydrogens (tertiary/aromatic N) is 1. The summed E-state index contributed by atoms with van der Waals surface area (Å²) < 4.78 is 27.6. The summed E-state index contributed by atoms with van der Waals surface area (Å²) in [5, 5.41) is 10.4. The Balaban J connectivity index is 1.43. The summed E-state index contributed by atoms with van der Waals surface area (Å²) in [6.45, 7) is 4.44. The predicted molar refractivity (Wildman–Crippen MR) is 121 cm³/mol. The third kappa shape index (κ3) is 2.88. The van der Waals surface area contributed by atoms with Crippen LogP contribution in [0.25, 0.3) is 17.5 Å². The van der Waals surface area contributed by atoms with Gasteiger partial charge in [0.1, 0.15) is 10.7 Å². The Morgan fingerprint density at radius 3 is 2.45 bits per heavy atom. The molecule has 5 heteroatoms. The number of sulfone groups is 1. The first-order chi connectivity index (χ1) is 14.8. The normalized spacial score (nSPS) is 17.9. The Morgan fingerprint density at radius 1 is 0.935 bits per heavy atom. The predicted octanol–water partition coefficient (Wildman–Crippen LogP) is 4.89. The van der Waals surface area contributed by atoms with Gasteiger partial charge in [-0.2, -0.15) is 4.57 Å². The molecule has 0 amide bonds. The lowest BCUT2D eigenvalue weighted by atomic mass is 9.83. The number of hydrogen-bond acceptors (Lipinski definition) is 3. The van der Waals surface area contributed by atoms with Gasteiger partial charge in [-0.15, -0.1) is 0 Å². The molecule has 0 bridgehead atoms. The van der Waals surface area contributed by atoms with Gasteiger partial charge in [-0.1, -0.05) is 48.6 Å². The standard InChI is InChI=1S/C26H21NO3S/c1-26(2)20-11-5-6-12-21(20)27-16-15-18(17-24(26)27)9-3-7-14-23-25(28)19-10-4-8-13-22(19)31(23,29)30/h3-17H,1-2H3/p+1. The summed E-state index contributed by atoms with van der Waals surface area (Å²) in [6.07, 6.45) is 8.89. The highest BCUT2D eigenvalue weighted by atomic mass is 32.2. The highest BCUT2D eigenvalue weighted by Crippen LogP contribution is 2.39. The van der Waals surface area contributed by atoms with E-state index in [0.717, 1.165) is 5.56 Å². The minimum atomic E-state index is -3.69. The molecule has 3 heterocycles. The summed E-state index contributed by atoms with van der Waals surface area (Å²) in [5.41, 5.74) is 4.97. The molecule has 31 heavy (non-hydrogen) atoms. The quantitative estimate of drug-likeness (QED) is 0.478. The van der Waals surface area contributed by atoms with Crippen LogP contribution in [0.4, 0.5) is 0 Å². The smallest absolute Gasteiger partial charge is 0.215 e. The molecular weight excluding hydrogens is 406 g/mol. The summed E-state index contributed by atoms with van der Waals surface area (Å²) in [6, 6.07) is 19.1. The van der Waals surface area contributed by atoms with Crippen LogP contribution in [-0.4, -0.2) is 13.5 Å². The van der Waals surface area contributed by atoms with Crippen LogP contribution >= 0.6 is 0 Å². The highest BCUT2D eigenvalue weighted by molar-refractivity contribution is 7.96. The maximum Gasteiger partial charge on any atom is 0.215 e.